The van der Waals surface area contributed by atoms with Gasteiger partial charge in [0.05, 0.1) is 13.1 Å². The highest BCUT2D eigenvalue weighted by Gasteiger charge is 2.22. The molecule has 5 heteroatoms. The SMILES string of the molecule is CN1CC(=O)N[n+]2ccc(Br)cc2C1. The zero-order valence-electron chi connectivity index (χ0n) is 7.83. The van der Waals surface area contributed by atoms with E-state index in [2.05, 4.69) is 21.4 Å². The molecule has 1 N–H and O–H groups in total. The average Bonchev–Trinajstić information content (AvgIpc) is 2.21. The number of hydrogen-bond acceptors (Lipinski definition) is 2. The quantitative estimate of drug-likeness (QED) is 0.676. The van der Waals surface area contributed by atoms with Crippen molar-refractivity contribution >= 4 is 21.8 Å². The van der Waals surface area contributed by atoms with Crippen LogP contribution < -0.4 is 10.1 Å². The fraction of sp³-hybridized carbons (Fsp3) is 0.333. The van der Waals surface area contributed by atoms with Gasteiger partial charge in [0.1, 0.15) is 0 Å². The molecule has 14 heavy (non-hydrogen) atoms. The van der Waals surface area contributed by atoms with Gasteiger partial charge >= 0.3 is 0 Å². The maximum absolute atomic E-state index is 11.4. The van der Waals surface area contributed by atoms with Gasteiger partial charge in [-0.15, -0.1) is 5.43 Å². The minimum absolute atomic E-state index is 0.0126. The Labute approximate surface area is 90.6 Å². The molecule has 0 unspecified atom stereocenters. The number of carbonyl (C=O) groups is 1. The van der Waals surface area contributed by atoms with Crippen molar-refractivity contribution in [2.75, 3.05) is 19.0 Å². The second kappa shape index (κ2) is 3.67. The standard InChI is InChI=1S/C9H10BrN3O/c1-12-5-8-4-7(10)2-3-13(8)11-9(14)6-12/h2-4H,5-6H2,1H3/p+1. The number of nitrogens with zero attached hydrogens (tertiary/aromatic N) is 2. The van der Waals surface area contributed by atoms with Crippen molar-refractivity contribution in [2.45, 2.75) is 6.54 Å². The van der Waals surface area contributed by atoms with Crippen molar-refractivity contribution in [3.8, 4) is 0 Å². The number of amides is 1. The minimum Gasteiger partial charge on any atom is -0.287 e. The summed E-state index contributed by atoms with van der Waals surface area (Å²) in [5.41, 5.74) is 3.86. The van der Waals surface area contributed by atoms with Gasteiger partial charge in [-0.3, -0.25) is 9.69 Å². The smallest absolute Gasteiger partial charge is 0.287 e. The van der Waals surface area contributed by atoms with Gasteiger partial charge in [-0.2, -0.15) is 0 Å². The summed E-state index contributed by atoms with van der Waals surface area (Å²) in [6.07, 6.45) is 1.84. The molecular weight excluding hydrogens is 246 g/mol. The molecule has 0 spiro atoms. The first kappa shape index (κ1) is 9.61. The van der Waals surface area contributed by atoms with E-state index in [9.17, 15) is 4.79 Å². The second-order valence-corrected chi connectivity index (χ2v) is 4.33. The van der Waals surface area contributed by atoms with E-state index >= 15 is 0 Å². The summed E-state index contributed by atoms with van der Waals surface area (Å²) >= 11 is 3.41. The van der Waals surface area contributed by atoms with Crippen molar-refractivity contribution in [3.05, 3.63) is 28.5 Å². The summed E-state index contributed by atoms with van der Waals surface area (Å²) in [5.74, 6) is 0.0126. The zero-order chi connectivity index (χ0) is 10.1. The fourth-order valence-electron chi connectivity index (χ4n) is 1.50. The van der Waals surface area contributed by atoms with Crippen LogP contribution in [0.25, 0.3) is 0 Å². The van der Waals surface area contributed by atoms with Gasteiger partial charge in [-0.1, -0.05) is 20.6 Å². The third kappa shape index (κ3) is 1.93. The van der Waals surface area contributed by atoms with Crippen LogP contribution in [0.2, 0.25) is 0 Å². The average molecular weight is 257 g/mol. The maximum atomic E-state index is 11.4. The van der Waals surface area contributed by atoms with Crippen LogP contribution in [0.15, 0.2) is 22.8 Å². The van der Waals surface area contributed by atoms with Crippen LogP contribution in [0.3, 0.4) is 0 Å². The number of aromatic nitrogens is 1. The molecular formula is C9H11BrN3O+. The molecule has 74 valence electrons. The van der Waals surface area contributed by atoms with Crippen LogP contribution in [0, 0.1) is 0 Å². The van der Waals surface area contributed by atoms with E-state index in [0.29, 0.717) is 6.54 Å². The number of nitrogens with one attached hydrogen (secondary N) is 1. The van der Waals surface area contributed by atoms with E-state index in [1.165, 1.54) is 0 Å². The third-order valence-corrected chi connectivity index (χ3v) is 2.58. The van der Waals surface area contributed by atoms with Crippen LogP contribution in [-0.4, -0.2) is 24.4 Å². The molecule has 4 nitrogen and oxygen atoms in total. The summed E-state index contributed by atoms with van der Waals surface area (Å²) in [7, 11) is 1.93. The molecule has 0 fully saturated rings. The van der Waals surface area contributed by atoms with Crippen LogP contribution in [0.1, 0.15) is 5.69 Å². The monoisotopic (exact) mass is 256 g/mol. The Bertz CT molecular complexity index is 380. The number of halogens is 1. The summed E-state index contributed by atoms with van der Waals surface area (Å²) in [6.45, 7) is 1.19. The lowest BCUT2D eigenvalue weighted by Gasteiger charge is -2.07. The Morgan fingerprint density at radius 1 is 1.57 bits per heavy atom. The third-order valence-electron chi connectivity index (χ3n) is 2.09. The molecule has 1 aliphatic rings. The molecule has 2 heterocycles. The van der Waals surface area contributed by atoms with Crippen molar-refractivity contribution in [1.82, 2.24) is 4.90 Å². The van der Waals surface area contributed by atoms with E-state index in [1.807, 2.05) is 30.3 Å². The molecule has 1 aromatic heterocycles. The van der Waals surface area contributed by atoms with Crippen LogP contribution in [-0.2, 0) is 11.3 Å². The van der Waals surface area contributed by atoms with Gasteiger partial charge in [0.15, 0.2) is 0 Å². The molecule has 0 saturated heterocycles. The van der Waals surface area contributed by atoms with Crippen molar-refractivity contribution in [1.29, 1.82) is 0 Å². The van der Waals surface area contributed by atoms with Crippen LogP contribution in [0.5, 0.6) is 0 Å². The molecule has 0 radical (unpaired) electrons. The molecule has 1 aromatic rings. The van der Waals surface area contributed by atoms with Gasteiger partial charge in [0.2, 0.25) is 11.9 Å². The largest absolute Gasteiger partial charge is 0.288 e. The number of rotatable bonds is 0. The number of hydrogen-bond donors (Lipinski definition) is 1. The van der Waals surface area contributed by atoms with E-state index in [0.717, 1.165) is 16.7 Å². The minimum atomic E-state index is 0.0126. The molecule has 0 bridgehead atoms. The summed E-state index contributed by atoms with van der Waals surface area (Å²) in [5, 5.41) is 0. The Morgan fingerprint density at radius 3 is 3.14 bits per heavy atom. The Balaban J connectivity index is 2.41. The summed E-state index contributed by atoms with van der Waals surface area (Å²) in [4.78, 5) is 13.3. The van der Waals surface area contributed by atoms with Gasteiger partial charge in [0.25, 0.3) is 5.91 Å². The number of pyridine rings is 1. The molecule has 1 aliphatic heterocycles. The summed E-state index contributed by atoms with van der Waals surface area (Å²) < 4.78 is 2.78. The highest BCUT2D eigenvalue weighted by atomic mass is 79.9. The van der Waals surface area contributed by atoms with Gasteiger partial charge < -0.3 is 0 Å². The normalized spacial score (nSPS) is 17.1. The predicted molar refractivity (Wildman–Crippen MR) is 55.0 cm³/mol. The topological polar surface area (TPSA) is 36.2 Å². The van der Waals surface area contributed by atoms with Crippen molar-refractivity contribution < 1.29 is 9.47 Å². The first-order chi connectivity index (χ1) is 6.65. The summed E-state index contributed by atoms with van der Waals surface area (Å²) in [6, 6.07) is 3.90. The highest BCUT2D eigenvalue weighted by molar-refractivity contribution is 9.10. The van der Waals surface area contributed by atoms with Crippen molar-refractivity contribution in [2.24, 2.45) is 0 Å². The molecule has 0 aliphatic carbocycles. The lowest BCUT2D eigenvalue weighted by molar-refractivity contribution is -0.650. The van der Waals surface area contributed by atoms with Crippen LogP contribution in [0.4, 0.5) is 0 Å². The molecule has 0 aromatic carbocycles. The van der Waals surface area contributed by atoms with E-state index in [1.54, 1.807) is 4.68 Å². The fourth-order valence-corrected chi connectivity index (χ4v) is 1.88. The lowest BCUT2D eigenvalue weighted by atomic mass is 10.3. The highest BCUT2D eigenvalue weighted by Crippen LogP contribution is 2.10. The number of likely N-dealkylation sites (N-methyl/N-ethyl adjacent to an activating group) is 1. The van der Waals surface area contributed by atoms with E-state index < -0.39 is 0 Å². The molecule has 2 rings (SSSR count). The molecule has 0 saturated carbocycles. The van der Waals surface area contributed by atoms with Crippen LogP contribution >= 0.6 is 15.9 Å². The van der Waals surface area contributed by atoms with Gasteiger partial charge in [-0.05, 0) is 7.05 Å². The second-order valence-electron chi connectivity index (χ2n) is 3.41. The zero-order valence-corrected chi connectivity index (χ0v) is 9.41. The molecule has 1 amide bonds. The first-order valence-corrected chi connectivity index (χ1v) is 5.13. The number of fused-ring (bicyclic) bond motifs is 1. The Morgan fingerprint density at radius 2 is 2.36 bits per heavy atom. The van der Waals surface area contributed by atoms with Gasteiger partial charge in [0, 0.05) is 16.6 Å². The first-order valence-electron chi connectivity index (χ1n) is 4.33. The molecule has 0 atom stereocenters. The predicted octanol–water partition coefficient (Wildman–Crippen LogP) is 0.252. The van der Waals surface area contributed by atoms with Gasteiger partial charge in [-0.25, -0.2) is 0 Å². The van der Waals surface area contributed by atoms with Crippen molar-refractivity contribution in [3.63, 3.8) is 0 Å². The Hall–Kier alpha value is -0.940. The lowest BCUT2D eigenvalue weighted by Crippen LogP contribution is -2.50. The Kier molecular flexibility index (Phi) is 2.52. The number of carbonyl (C=O) groups excluding carboxylic acids is 1. The van der Waals surface area contributed by atoms with E-state index in [4.69, 9.17) is 0 Å². The van der Waals surface area contributed by atoms with E-state index in [-0.39, 0.29) is 5.91 Å². The maximum Gasteiger partial charge on any atom is 0.288 e.